The molecule has 4 nitrogen and oxygen atoms in total. The minimum absolute atomic E-state index is 0.0995. The lowest BCUT2D eigenvalue weighted by Crippen LogP contribution is -2.45. The van der Waals surface area contributed by atoms with E-state index in [2.05, 4.69) is 29.4 Å². The predicted octanol–water partition coefficient (Wildman–Crippen LogP) is 0.892. The van der Waals surface area contributed by atoms with Gasteiger partial charge >= 0.3 is 6.03 Å². The third-order valence-electron chi connectivity index (χ3n) is 1.90. The molecule has 0 aromatic rings. The molecule has 14 heavy (non-hydrogen) atoms. The van der Waals surface area contributed by atoms with Crippen molar-refractivity contribution in [2.45, 2.75) is 26.3 Å². The standard InChI is InChI=1S/C10H23N3O/c1-8(2)6-9(7-13(4)5)12-10(14)11-3/h8-9H,6-7H2,1-5H3,(H2,11,12,14). The number of hydrogen-bond acceptors (Lipinski definition) is 2. The molecule has 0 fully saturated rings. The molecule has 0 aliphatic heterocycles. The molecule has 0 aliphatic carbocycles. The van der Waals surface area contributed by atoms with Crippen LogP contribution in [0.4, 0.5) is 4.79 Å². The molecule has 2 amide bonds. The fraction of sp³-hybridized carbons (Fsp3) is 0.900. The van der Waals surface area contributed by atoms with Crippen molar-refractivity contribution in [3.05, 3.63) is 0 Å². The van der Waals surface area contributed by atoms with Crippen LogP contribution in [-0.2, 0) is 0 Å². The Labute approximate surface area is 87.0 Å². The summed E-state index contributed by atoms with van der Waals surface area (Å²) in [5, 5.41) is 5.51. The van der Waals surface area contributed by atoms with Crippen molar-refractivity contribution in [2.24, 2.45) is 5.92 Å². The minimum Gasteiger partial charge on any atom is -0.341 e. The number of amides is 2. The van der Waals surface area contributed by atoms with E-state index in [4.69, 9.17) is 0 Å². The molecule has 0 aliphatic rings. The highest BCUT2D eigenvalue weighted by Gasteiger charge is 2.13. The normalized spacial score (nSPS) is 13.1. The zero-order valence-electron chi connectivity index (χ0n) is 9.92. The molecule has 1 atom stereocenters. The molecule has 0 bridgehead atoms. The van der Waals surface area contributed by atoms with Gasteiger partial charge in [-0.25, -0.2) is 4.79 Å². The van der Waals surface area contributed by atoms with Crippen molar-refractivity contribution in [1.29, 1.82) is 0 Å². The fourth-order valence-corrected chi connectivity index (χ4v) is 1.45. The highest BCUT2D eigenvalue weighted by molar-refractivity contribution is 5.73. The molecule has 0 radical (unpaired) electrons. The smallest absolute Gasteiger partial charge is 0.314 e. The molecule has 0 spiro atoms. The number of likely N-dealkylation sites (N-methyl/N-ethyl adjacent to an activating group) is 1. The first-order valence-electron chi connectivity index (χ1n) is 5.08. The number of carbonyl (C=O) groups is 1. The Balaban J connectivity index is 4.03. The lowest BCUT2D eigenvalue weighted by Gasteiger charge is -2.23. The second kappa shape index (κ2) is 6.65. The summed E-state index contributed by atoms with van der Waals surface area (Å²) in [6.45, 7) is 5.20. The van der Waals surface area contributed by atoms with Gasteiger partial charge in [-0.05, 0) is 26.4 Å². The van der Waals surface area contributed by atoms with Crippen LogP contribution in [0.5, 0.6) is 0 Å². The van der Waals surface area contributed by atoms with Crippen LogP contribution >= 0.6 is 0 Å². The maximum absolute atomic E-state index is 11.1. The number of hydrogen-bond donors (Lipinski definition) is 2. The Morgan fingerprint density at radius 2 is 1.93 bits per heavy atom. The van der Waals surface area contributed by atoms with E-state index >= 15 is 0 Å². The van der Waals surface area contributed by atoms with Gasteiger partial charge in [0.15, 0.2) is 0 Å². The maximum Gasteiger partial charge on any atom is 0.314 e. The summed E-state index contributed by atoms with van der Waals surface area (Å²) in [6, 6.07) is 0.127. The molecule has 4 heteroatoms. The fourth-order valence-electron chi connectivity index (χ4n) is 1.45. The Hall–Kier alpha value is -0.770. The summed E-state index contributed by atoms with van der Waals surface area (Å²) in [4.78, 5) is 13.2. The molecule has 1 unspecified atom stereocenters. The highest BCUT2D eigenvalue weighted by atomic mass is 16.2. The van der Waals surface area contributed by atoms with Crippen LogP contribution in [0, 0.1) is 5.92 Å². The zero-order chi connectivity index (χ0) is 11.1. The minimum atomic E-state index is -0.0995. The van der Waals surface area contributed by atoms with Crippen molar-refractivity contribution in [2.75, 3.05) is 27.7 Å². The third-order valence-corrected chi connectivity index (χ3v) is 1.90. The van der Waals surface area contributed by atoms with Gasteiger partial charge in [0.1, 0.15) is 0 Å². The van der Waals surface area contributed by atoms with Gasteiger partial charge in [-0.3, -0.25) is 0 Å². The second-order valence-electron chi connectivity index (χ2n) is 4.31. The third kappa shape index (κ3) is 6.71. The number of urea groups is 1. The first kappa shape index (κ1) is 13.2. The number of nitrogens with one attached hydrogen (secondary N) is 2. The van der Waals surface area contributed by atoms with Gasteiger partial charge in [-0.1, -0.05) is 13.8 Å². The second-order valence-corrected chi connectivity index (χ2v) is 4.31. The highest BCUT2D eigenvalue weighted by Crippen LogP contribution is 2.05. The van der Waals surface area contributed by atoms with Crippen molar-refractivity contribution in [3.63, 3.8) is 0 Å². The molecule has 2 N–H and O–H groups in total. The molecule has 0 saturated heterocycles. The molecule has 84 valence electrons. The Kier molecular flexibility index (Phi) is 6.28. The van der Waals surface area contributed by atoms with Gasteiger partial charge in [0.2, 0.25) is 0 Å². The summed E-state index contributed by atoms with van der Waals surface area (Å²) in [6.07, 6.45) is 1.01. The topological polar surface area (TPSA) is 44.4 Å². The van der Waals surface area contributed by atoms with Crippen LogP contribution in [0.25, 0.3) is 0 Å². The van der Waals surface area contributed by atoms with Crippen molar-refractivity contribution < 1.29 is 4.79 Å². The van der Waals surface area contributed by atoms with E-state index in [0.717, 1.165) is 13.0 Å². The van der Waals surface area contributed by atoms with E-state index in [1.807, 2.05) is 14.1 Å². The van der Waals surface area contributed by atoms with Crippen molar-refractivity contribution >= 4 is 6.03 Å². The largest absolute Gasteiger partial charge is 0.341 e. The predicted molar refractivity (Wildman–Crippen MR) is 59.4 cm³/mol. The first-order valence-corrected chi connectivity index (χ1v) is 5.08. The SMILES string of the molecule is CNC(=O)NC(CC(C)C)CN(C)C. The van der Waals surface area contributed by atoms with Gasteiger partial charge in [0.25, 0.3) is 0 Å². The average Bonchev–Trinajstić information content (AvgIpc) is 2.01. The molecule has 0 aromatic heterocycles. The van der Waals surface area contributed by atoms with Gasteiger partial charge in [-0.15, -0.1) is 0 Å². The maximum atomic E-state index is 11.1. The van der Waals surface area contributed by atoms with Gasteiger partial charge in [0, 0.05) is 19.6 Å². The van der Waals surface area contributed by atoms with Crippen molar-refractivity contribution in [1.82, 2.24) is 15.5 Å². The van der Waals surface area contributed by atoms with Crippen LogP contribution < -0.4 is 10.6 Å². The van der Waals surface area contributed by atoms with E-state index < -0.39 is 0 Å². The van der Waals surface area contributed by atoms with E-state index in [1.54, 1.807) is 7.05 Å². The monoisotopic (exact) mass is 201 g/mol. The lowest BCUT2D eigenvalue weighted by atomic mass is 10.0. The number of nitrogens with zero attached hydrogens (tertiary/aromatic N) is 1. The van der Waals surface area contributed by atoms with E-state index in [1.165, 1.54) is 0 Å². The van der Waals surface area contributed by atoms with Gasteiger partial charge in [-0.2, -0.15) is 0 Å². The van der Waals surface area contributed by atoms with Crippen molar-refractivity contribution in [3.8, 4) is 0 Å². The van der Waals surface area contributed by atoms with E-state index in [-0.39, 0.29) is 12.1 Å². The van der Waals surface area contributed by atoms with Crippen LogP contribution in [-0.4, -0.2) is 44.7 Å². The van der Waals surface area contributed by atoms with Gasteiger partial charge in [0.05, 0.1) is 0 Å². The van der Waals surface area contributed by atoms with Gasteiger partial charge < -0.3 is 15.5 Å². The molecule has 0 aromatic carbocycles. The summed E-state index contributed by atoms with van der Waals surface area (Å²) in [5.74, 6) is 0.595. The van der Waals surface area contributed by atoms with E-state index in [9.17, 15) is 4.79 Å². The Morgan fingerprint density at radius 3 is 2.29 bits per heavy atom. The van der Waals surface area contributed by atoms with Crippen LogP contribution in [0.2, 0.25) is 0 Å². The lowest BCUT2D eigenvalue weighted by molar-refractivity contribution is 0.231. The molecule has 0 rings (SSSR count). The number of carbonyl (C=O) groups excluding carboxylic acids is 1. The first-order chi connectivity index (χ1) is 6.45. The van der Waals surface area contributed by atoms with Crippen LogP contribution in [0.3, 0.4) is 0 Å². The quantitative estimate of drug-likeness (QED) is 0.694. The van der Waals surface area contributed by atoms with Crippen LogP contribution in [0.1, 0.15) is 20.3 Å². The Morgan fingerprint density at radius 1 is 1.36 bits per heavy atom. The summed E-state index contributed by atoms with van der Waals surface area (Å²) in [7, 11) is 5.66. The molecular formula is C10H23N3O. The Bertz CT molecular complexity index is 159. The molecule has 0 saturated carbocycles. The number of rotatable bonds is 5. The van der Waals surface area contributed by atoms with E-state index in [0.29, 0.717) is 5.92 Å². The summed E-state index contributed by atoms with van der Waals surface area (Å²) < 4.78 is 0. The summed E-state index contributed by atoms with van der Waals surface area (Å²) in [5.41, 5.74) is 0. The molecule has 0 heterocycles. The molecular weight excluding hydrogens is 178 g/mol. The summed E-state index contributed by atoms with van der Waals surface area (Å²) >= 11 is 0. The zero-order valence-corrected chi connectivity index (χ0v) is 9.92. The van der Waals surface area contributed by atoms with Crippen LogP contribution in [0.15, 0.2) is 0 Å². The average molecular weight is 201 g/mol.